The van der Waals surface area contributed by atoms with Crippen molar-refractivity contribution in [3.63, 3.8) is 0 Å². The average molecular weight is 332 g/mol. The molecule has 7 heteroatoms. The molecule has 3 fully saturated rings. The van der Waals surface area contributed by atoms with Crippen LogP contribution in [0.1, 0.15) is 30.1 Å². The number of aromatic nitrogens is 2. The summed E-state index contributed by atoms with van der Waals surface area (Å²) in [6.45, 7) is 4.96. The highest BCUT2D eigenvalue weighted by atomic mass is 32.1. The molecule has 23 heavy (non-hydrogen) atoms. The molecule has 3 aliphatic heterocycles. The van der Waals surface area contributed by atoms with E-state index in [0.29, 0.717) is 12.4 Å². The summed E-state index contributed by atoms with van der Waals surface area (Å²) in [5.41, 5.74) is 3.77. The molecular weight excluding hydrogens is 312 g/mol. The van der Waals surface area contributed by atoms with Gasteiger partial charge in [0.05, 0.1) is 29.4 Å². The molecule has 1 amide bonds. The van der Waals surface area contributed by atoms with Gasteiger partial charge in [0, 0.05) is 38.0 Å². The Morgan fingerprint density at radius 3 is 2.96 bits per heavy atom. The lowest BCUT2D eigenvalue weighted by atomic mass is 9.94. The van der Waals surface area contributed by atoms with Crippen molar-refractivity contribution in [2.24, 2.45) is 5.92 Å². The maximum absolute atomic E-state index is 12.8. The van der Waals surface area contributed by atoms with Crippen molar-refractivity contribution in [3.05, 3.63) is 34.4 Å². The number of carbonyl (C=O) groups is 1. The Kier molecular flexibility index (Phi) is 3.90. The van der Waals surface area contributed by atoms with Crippen LogP contribution in [0.4, 0.5) is 0 Å². The molecule has 3 aliphatic rings. The SMILES string of the molecule is Cc1nc(CN2C[C@@H]3CC[C@H](C2)N(Cc2cscn2)C3=O)co1. The third-order valence-corrected chi connectivity index (χ3v) is 5.37. The fourth-order valence-corrected chi connectivity index (χ4v) is 4.22. The van der Waals surface area contributed by atoms with Gasteiger partial charge in [-0.25, -0.2) is 9.97 Å². The molecule has 0 N–H and O–H groups in total. The number of amides is 1. The van der Waals surface area contributed by atoms with Gasteiger partial charge in [-0.1, -0.05) is 0 Å². The lowest BCUT2D eigenvalue weighted by molar-refractivity contribution is -0.140. The van der Waals surface area contributed by atoms with Gasteiger partial charge in [-0.15, -0.1) is 11.3 Å². The standard InChI is InChI=1S/C16H20N4O2S/c1-11-18-13(8-22-11)5-19-4-12-2-3-15(7-19)20(16(12)21)6-14-9-23-10-17-14/h8-10,12,15H,2-7H2,1H3/t12-,15+/m0/s1. The van der Waals surface area contributed by atoms with E-state index in [1.54, 1.807) is 17.6 Å². The summed E-state index contributed by atoms with van der Waals surface area (Å²) < 4.78 is 5.30. The number of rotatable bonds is 4. The van der Waals surface area contributed by atoms with E-state index < -0.39 is 0 Å². The largest absolute Gasteiger partial charge is 0.449 e. The number of fused-ring (bicyclic) bond motifs is 4. The molecule has 5 heterocycles. The molecule has 0 aromatic carbocycles. The first-order valence-corrected chi connectivity index (χ1v) is 8.94. The van der Waals surface area contributed by atoms with Gasteiger partial charge in [0.2, 0.25) is 5.91 Å². The second kappa shape index (κ2) is 6.05. The minimum atomic E-state index is 0.0976. The first kappa shape index (κ1) is 14.8. The van der Waals surface area contributed by atoms with Crippen LogP contribution in [-0.2, 0) is 17.9 Å². The first-order chi connectivity index (χ1) is 11.2. The summed E-state index contributed by atoms with van der Waals surface area (Å²) in [5, 5.41) is 2.03. The van der Waals surface area contributed by atoms with Gasteiger partial charge in [0.25, 0.3) is 0 Å². The molecule has 2 atom stereocenters. The van der Waals surface area contributed by atoms with Gasteiger partial charge in [0.15, 0.2) is 5.89 Å². The van der Waals surface area contributed by atoms with E-state index >= 15 is 0 Å². The Hall–Kier alpha value is -1.73. The van der Waals surface area contributed by atoms with Crippen LogP contribution in [0.2, 0.25) is 0 Å². The summed E-state index contributed by atoms with van der Waals surface area (Å²) >= 11 is 1.58. The molecular formula is C16H20N4O2S. The van der Waals surface area contributed by atoms with E-state index in [2.05, 4.69) is 14.9 Å². The molecule has 2 bridgehead atoms. The van der Waals surface area contributed by atoms with Crippen LogP contribution in [-0.4, -0.2) is 44.8 Å². The number of hydrogen-bond donors (Lipinski definition) is 0. The van der Waals surface area contributed by atoms with Crippen molar-refractivity contribution < 1.29 is 9.21 Å². The van der Waals surface area contributed by atoms with Crippen LogP contribution in [0.25, 0.3) is 0 Å². The van der Waals surface area contributed by atoms with E-state index in [9.17, 15) is 4.79 Å². The minimum Gasteiger partial charge on any atom is -0.449 e. The smallest absolute Gasteiger partial charge is 0.227 e. The number of carbonyl (C=O) groups excluding carboxylic acids is 1. The van der Waals surface area contributed by atoms with Crippen molar-refractivity contribution in [1.82, 2.24) is 19.8 Å². The second-order valence-corrected chi connectivity index (χ2v) is 7.14. The monoisotopic (exact) mass is 332 g/mol. The Bertz CT molecular complexity index is 684. The number of oxazole rings is 1. The first-order valence-electron chi connectivity index (χ1n) is 8.00. The van der Waals surface area contributed by atoms with Gasteiger partial charge in [-0.05, 0) is 12.8 Å². The summed E-state index contributed by atoms with van der Waals surface area (Å²) in [4.78, 5) is 25.9. The van der Waals surface area contributed by atoms with E-state index in [-0.39, 0.29) is 17.9 Å². The minimum absolute atomic E-state index is 0.0976. The van der Waals surface area contributed by atoms with Crippen LogP contribution in [0, 0.1) is 12.8 Å². The molecule has 5 rings (SSSR count). The summed E-state index contributed by atoms with van der Waals surface area (Å²) in [5.74, 6) is 1.08. The third-order valence-electron chi connectivity index (χ3n) is 4.74. The highest BCUT2D eigenvalue weighted by Crippen LogP contribution is 2.31. The number of thiazole rings is 1. The molecule has 0 saturated carbocycles. The number of piperidine rings is 1. The topological polar surface area (TPSA) is 62.5 Å². The van der Waals surface area contributed by atoms with Gasteiger partial charge in [0.1, 0.15) is 6.26 Å². The highest BCUT2D eigenvalue weighted by Gasteiger charge is 2.40. The molecule has 0 radical (unpaired) electrons. The summed E-state index contributed by atoms with van der Waals surface area (Å²) in [6, 6.07) is 0.274. The van der Waals surface area contributed by atoms with Crippen LogP contribution >= 0.6 is 11.3 Å². The molecule has 0 unspecified atom stereocenters. The van der Waals surface area contributed by atoms with Crippen molar-refractivity contribution >= 4 is 17.2 Å². The number of hydrogen-bond acceptors (Lipinski definition) is 6. The Morgan fingerprint density at radius 2 is 2.22 bits per heavy atom. The Balaban J connectivity index is 1.50. The van der Waals surface area contributed by atoms with Gasteiger partial charge < -0.3 is 9.32 Å². The van der Waals surface area contributed by atoms with Crippen molar-refractivity contribution in [1.29, 1.82) is 0 Å². The third kappa shape index (κ3) is 3.03. The predicted molar refractivity (Wildman–Crippen MR) is 85.7 cm³/mol. The zero-order valence-electron chi connectivity index (χ0n) is 13.1. The van der Waals surface area contributed by atoms with Crippen molar-refractivity contribution in [2.45, 2.75) is 38.9 Å². The molecule has 0 aliphatic carbocycles. The van der Waals surface area contributed by atoms with E-state index in [0.717, 1.165) is 43.9 Å². The fraction of sp³-hybridized carbons (Fsp3) is 0.562. The van der Waals surface area contributed by atoms with E-state index in [1.807, 2.05) is 22.7 Å². The van der Waals surface area contributed by atoms with Gasteiger partial charge >= 0.3 is 0 Å². The molecule has 2 aromatic rings. The van der Waals surface area contributed by atoms with Crippen molar-refractivity contribution in [2.75, 3.05) is 13.1 Å². The zero-order chi connectivity index (χ0) is 15.8. The quantitative estimate of drug-likeness (QED) is 0.857. The summed E-state index contributed by atoms with van der Waals surface area (Å²) in [7, 11) is 0. The van der Waals surface area contributed by atoms with E-state index in [4.69, 9.17) is 4.42 Å². The molecule has 122 valence electrons. The van der Waals surface area contributed by atoms with Gasteiger partial charge in [-0.2, -0.15) is 0 Å². The number of nitrogens with zero attached hydrogens (tertiary/aromatic N) is 4. The molecule has 0 spiro atoms. The predicted octanol–water partition coefficient (Wildman–Crippen LogP) is 2.06. The molecule has 6 nitrogen and oxygen atoms in total. The summed E-state index contributed by atoms with van der Waals surface area (Å²) in [6.07, 6.45) is 3.79. The Labute approximate surface area is 139 Å². The van der Waals surface area contributed by atoms with Crippen LogP contribution in [0.3, 0.4) is 0 Å². The average Bonchev–Trinajstić information content (AvgIpc) is 3.10. The van der Waals surface area contributed by atoms with E-state index in [1.165, 1.54) is 0 Å². The zero-order valence-corrected chi connectivity index (χ0v) is 14.0. The normalized spacial score (nSPS) is 25.1. The van der Waals surface area contributed by atoms with Crippen molar-refractivity contribution in [3.8, 4) is 0 Å². The maximum Gasteiger partial charge on any atom is 0.227 e. The second-order valence-electron chi connectivity index (χ2n) is 6.43. The molecule has 2 aromatic heterocycles. The van der Waals surface area contributed by atoms with Gasteiger partial charge in [-0.3, -0.25) is 9.69 Å². The highest BCUT2D eigenvalue weighted by molar-refractivity contribution is 7.07. The lowest BCUT2D eigenvalue weighted by Crippen LogP contribution is -2.47. The Morgan fingerprint density at radius 1 is 1.30 bits per heavy atom. The van der Waals surface area contributed by atoms with Crippen LogP contribution < -0.4 is 0 Å². The number of aryl methyl sites for hydroxylation is 1. The van der Waals surface area contributed by atoms with Crippen LogP contribution in [0.15, 0.2) is 21.6 Å². The lowest BCUT2D eigenvalue weighted by Gasteiger charge is -2.35. The maximum atomic E-state index is 12.8. The fourth-order valence-electron chi connectivity index (χ4n) is 3.67. The molecule has 3 saturated heterocycles. The van der Waals surface area contributed by atoms with Crippen LogP contribution in [0.5, 0.6) is 0 Å².